The number of nitrogens with zero attached hydrogens (tertiary/aromatic N) is 1. The van der Waals surface area contributed by atoms with Crippen molar-refractivity contribution in [1.82, 2.24) is 0 Å². The van der Waals surface area contributed by atoms with Gasteiger partial charge >= 0.3 is 0 Å². The van der Waals surface area contributed by atoms with Crippen LogP contribution in [0, 0.1) is 0 Å². The minimum absolute atomic E-state index is 0.236. The lowest BCUT2D eigenvalue weighted by Crippen LogP contribution is -2.05. The fourth-order valence-electron chi connectivity index (χ4n) is 1.12. The fraction of sp³-hybridized carbons (Fsp3) is 0.364. The van der Waals surface area contributed by atoms with E-state index >= 15 is 0 Å². The first-order chi connectivity index (χ1) is 6.24. The first-order valence-corrected chi connectivity index (χ1v) is 4.40. The number of hydrogen-bond donors (Lipinski definition) is 0. The zero-order valence-electron chi connectivity index (χ0n) is 8.00. The summed E-state index contributed by atoms with van der Waals surface area (Å²) in [7, 11) is 0. The quantitative estimate of drug-likeness (QED) is 0.633. The van der Waals surface area contributed by atoms with Crippen LogP contribution in [0.2, 0.25) is 0 Å². The Balaban J connectivity index is 2.79. The molecule has 1 nitrogen and oxygen atoms in total. The highest BCUT2D eigenvalue weighted by Gasteiger charge is 1.99. The molecule has 0 aliphatic carbocycles. The highest BCUT2D eigenvalue weighted by atomic mass is 19.1. The Hall–Kier alpha value is -1.18. The third-order valence-corrected chi connectivity index (χ3v) is 1.83. The number of hydrogen-bond acceptors (Lipinski definition) is 1. The van der Waals surface area contributed by atoms with Gasteiger partial charge in [0.15, 0.2) is 0 Å². The summed E-state index contributed by atoms with van der Waals surface area (Å²) in [6.45, 7) is 3.28. The SMILES string of the molecule is CC(=N[C@H](C)CF)c1ccccc1. The normalized spacial score (nSPS) is 14.2. The third-order valence-electron chi connectivity index (χ3n) is 1.83. The molecule has 1 aromatic carbocycles. The van der Waals surface area contributed by atoms with Crippen LogP contribution < -0.4 is 0 Å². The summed E-state index contributed by atoms with van der Waals surface area (Å²) in [4.78, 5) is 4.21. The minimum Gasteiger partial charge on any atom is -0.284 e. The molecule has 13 heavy (non-hydrogen) atoms. The Kier molecular flexibility index (Phi) is 3.62. The van der Waals surface area contributed by atoms with Crippen LogP contribution in [0.3, 0.4) is 0 Å². The van der Waals surface area contributed by atoms with Crippen molar-refractivity contribution in [3.05, 3.63) is 35.9 Å². The molecule has 70 valence electrons. The lowest BCUT2D eigenvalue weighted by Gasteiger charge is -2.03. The Morgan fingerprint density at radius 3 is 2.54 bits per heavy atom. The molecule has 1 rings (SSSR count). The molecule has 0 spiro atoms. The molecule has 0 bridgehead atoms. The summed E-state index contributed by atoms with van der Waals surface area (Å²) in [5, 5.41) is 0. The molecule has 0 heterocycles. The topological polar surface area (TPSA) is 12.4 Å². The monoisotopic (exact) mass is 179 g/mol. The van der Waals surface area contributed by atoms with E-state index in [1.807, 2.05) is 37.3 Å². The standard InChI is InChI=1S/C11H14FN/c1-9(8-12)13-10(2)11-6-4-3-5-7-11/h3-7,9H,8H2,1-2H3/t9-/m1/s1. The van der Waals surface area contributed by atoms with Crippen LogP contribution in [-0.2, 0) is 0 Å². The largest absolute Gasteiger partial charge is 0.284 e. The van der Waals surface area contributed by atoms with Gasteiger partial charge in [-0.2, -0.15) is 0 Å². The smallest absolute Gasteiger partial charge is 0.111 e. The molecule has 0 saturated carbocycles. The molecule has 0 aromatic heterocycles. The summed E-state index contributed by atoms with van der Waals surface area (Å²) in [6.07, 6.45) is 0. The van der Waals surface area contributed by atoms with Crippen molar-refractivity contribution in [3.8, 4) is 0 Å². The highest BCUT2D eigenvalue weighted by molar-refractivity contribution is 5.98. The summed E-state index contributed by atoms with van der Waals surface area (Å²) in [5.74, 6) is 0. The van der Waals surface area contributed by atoms with Gasteiger partial charge in [0.25, 0.3) is 0 Å². The third kappa shape index (κ3) is 2.98. The van der Waals surface area contributed by atoms with Crippen LogP contribution in [0.1, 0.15) is 19.4 Å². The van der Waals surface area contributed by atoms with Gasteiger partial charge in [-0.05, 0) is 19.4 Å². The van der Waals surface area contributed by atoms with Crippen molar-refractivity contribution < 1.29 is 4.39 Å². The minimum atomic E-state index is -0.399. The molecule has 0 radical (unpaired) electrons. The molecule has 1 atom stereocenters. The van der Waals surface area contributed by atoms with Gasteiger partial charge in [-0.25, -0.2) is 4.39 Å². The van der Waals surface area contributed by atoms with Crippen molar-refractivity contribution in [1.29, 1.82) is 0 Å². The second kappa shape index (κ2) is 4.75. The van der Waals surface area contributed by atoms with Gasteiger partial charge in [0, 0.05) is 5.71 Å². The average molecular weight is 179 g/mol. The van der Waals surface area contributed by atoms with Gasteiger partial charge in [0.1, 0.15) is 6.67 Å². The van der Waals surface area contributed by atoms with E-state index in [1.54, 1.807) is 6.92 Å². The zero-order chi connectivity index (χ0) is 9.68. The van der Waals surface area contributed by atoms with E-state index in [0.717, 1.165) is 11.3 Å². The van der Waals surface area contributed by atoms with Crippen LogP contribution in [0.4, 0.5) is 4.39 Å². The number of rotatable bonds is 3. The summed E-state index contributed by atoms with van der Waals surface area (Å²) < 4.78 is 12.2. The number of halogens is 1. The lowest BCUT2D eigenvalue weighted by molar-refractivity contribution is 0.447. The predicted molar refractivity (Wildman–Crippen MR) is 54.1 cm³/mol. The molecule has 0 fully saturated rings. The van der Waals surface area contributed by atoms with E-state index in [0.29, 0.717) is 0 Å². The molecule has 1 aromatic rings. The van der Waals surface area contributed by atoms with E-state index < -0.39 is 6.67 Å². The van der Waals surface area contributed by atoms with Crippen molar-refractivity contribution in [2.45, 2.75) is 19.9 Å². The molecule has 0 aliphatic rings. The second-order valence-corrected chi connectivity index (χ2v) is 3.08. The van der Waals surface area contributed by atoms with Gasteiger partial charge in [-0.15, -0.1) is 0 Å². The Morgan fingerprint density at radius 2 is 2.00 bits per heavy atom. The van der Waals surface area contributed by atoms with E-state index in [9.17, 15) is 4.39 Å². The molecule has 2 heteroatoms. The van der Waals surface area contributed by atoms with Gasteiger partial charge < -0.3 is 0 Å². The van der Waals surface area contributed by atoms with Gasteiger partial charge in [0.2, 0.25) is 0 Å². The summed E-state index contributed by atoms with van der Waals surface area (Å²) >= 11 is 0. The van der Waals surface area contributed by atoms with Crippen LogP contribution in [0.5, 0.6) is 0 Å². The van der Waals surface area contributed by atoms with E-state index in [2.05, 4.69) is 4.99 Å². The van der Waals surface area contributed by atoms with Crippen molar-refractivity contribution in [3.63, 3.8) is 0 Å². The second-order valence-electron chi connectivity index (χ2n) is 3.08. The van der Waals surface area contributed by atoms with Crippen molar-refractivity contribution in [2.24, 2.45) is 4.99 Å². The van der Waals surface area contributed by atoms with Crippen molar-refractivity contribution >= 4 is 5.71 Å². The maximum atomic E-state index is 12.2. The molecule has 0 amide bonds. The van der Waals surface area contributed by atoms with Gasteiger partial charge in [-0.1, -0.05) is 30.3 Å². The highest BCUT2D eigenvalue weighted by Crippen LogP contribution is 2.02. The van der Waals surface area contributed by atoms with E-state index in [1.165, 1.54) is 0 Å². The van der Waals surface area contributed by atoms with Crippen LogP contribution >= 0.6 is 0 Å². The fourth-order valence-corrected chi connectivity index (χ4v) is 1.12. The maximum absolute atomic E-state index is 12.2. The van der Waals surface area contributed by atoms with Crippen molar-refractivity contribution in [2.75, 3.05) is 6.67 Å². The van der Waals surface area contributed by atoms with Gasteiger partial charge in [0.05, 0.1) is 6.04 Å². The molecule has 0 N–H and O–H groups in total. The molecule has 0 unspecified atom stereocenters. The number of aliphatic imine (C=N–C) groups is 1. The van der Waals surface area contributed by atoms with E-state index in [4.69, 9.17) is 0 Å². The number of alkyl halides is 1. The van der Waals surface area contributed by atoms with Crippen LogP contribution in [0.25, 0.3) is 0 Å². The Morgan fingerprint density at radius 1 is 1.38 bits per heavy atom. The predicted octanol–water partition coefficient (Wildman–Crippen LogP) is 2.85. The Labute approximate surface area is 78.3 Å². The molecule has 0 saturated heterocycles. The molecular formula is C11H14FN. The number of benzene rings is 1. The summed E-state index contributed by atoms with van der Waals surface area (Å²) in [5.41, 5.74) is 1.95. The first kappa shape index (κ1) is 9.90. The van der Waals surface area contributed by atoms with Crippen LogP contribution in [0.15, 0.2) is 35.3 Å². The molecular weight excluding hydrogens is 165 g/mol. The van der Waals surface area contributed by atoms with Gasteiger partial charge in [-0.3, -0.25) is 4.99 Å². The first-order valence-electron chi connectivity index (χ1n) is 4.40. The van der Waals surface area contributed by atoms with Crippen LogP contribution in [-0.4, -0.2) is 18.4 Å². The molecule has 0 aliphatic heterocycles. The Bertz CT molecular complexity index is 279. The lowest BCUT2D eigenvalue weighted by atomic mass is 10.1. The summed E-state index contributed by atoms with van der Waals surface area (Å²) in [6, 6.07) is 9.58. The zero-order valence-corrected chi connectivity index (χ0v) is 8.00. The average Bonchev–Trinajstić information content (AvgIpc) is 2.19. The maximum Gasteiger partial charge on any atom is 0.111 e. The van der Waals surface area contributed by atoms with E-state index in [-0.39, 0.29) is 6.04 Å².